The number of aromatic nitrogens is 2. The zero-order valence-corrected chi connectivity index (χ0v) is 26.9. The quantitative estimate of drug-likeness (QED) is 0.110. The second kappa shape index (κ2) is 13.4. The van der Waals surface area contributed by atoms with Crippen LogP contribution in [0.25, 0.3) is 10.9 Å². The van der Waals surface area contributed by atoms with Gasteiger partial charge in [-0.05, 0) is 72.1 Å². The number of nitrogens with zero attached hydrogens (tertiary/aromatic N) is 3. The molecule has 3 N–H and O–H groups in total. The van der Waals surface area contributed by atoms with Crippen LogP contribution in [0.4, 0.5) is 21.9 Å². The molecule has 0 spiro atoms. The SMILES string of the molecule is CCC(Oc1ccc(C(C)(C)CC)cc1C(C)(C)CC)C(=O)Nc1ccc(NNC(=O)n2cc3cc([N+](=O)[O-])ccc3n2)cc1. The van der Waals surface area contributed by atoms with Gasteiger partial charge in [0.25, 0.3) is 11.6 Å². The third kappa shape index (κ3) is 7.60. The monoisotopic (exact) mass is 614 g/mol. The molecular weight excluding hydrogens is 572 g/mol. The standard InChI is InChI=1S/C34H42N6O5/c1-8-29(45-30-18-11-23(33(4,5)9-2)20-27(30)34(6,7)10-3)31(41)35-24-12-14-25(15-13-24)36-37-32(42)39-21-22-19-26(40(43)44)16-17-28(22)38-39/h11-21,29,36H,8-10H2,1-7H3,(H,35,41)(H,37,42). The van der Waals surface area contributed by atoms with Gasteiger partial charge in [0.2, 0.25) is 0 Å². The molecule has 238 valence electrons. The highest BCUT2D eigenvalue weighted by molar-refractivity contribution is 5.94. The summed E-state index contributed by atoms with van der Waals surface area (Å²) in [6.07, 6.45) is 3.14. The number of non-ortho nitro benzene ring substituents is 1. The van der Waals surface area contributed by atoms with Crippen molar-refractivity contribution in [3.8, 4) is 5.75 Å². The highest BCUT2D eigenvalue weighted by Crippen LogP contribution is 2.39. The molecule has 4 rings (SSSR count). The van der Waals surface area contributed by atoms with Crippen LogP contribution in [0.15, 0.2) is 66.9 Å². The Morgan fingerprint density at radius 2 is 1.60 bits per heavy atom. The Morgan fingerprint density at radius 3 is 2.22 bits per heavy atom. The van der Waals surface area contributed by atoms with E-state index in [1.54, 1.807) is 24.3 Å². The molecule has 1 aromatic heterocycles. The Kier molecular flexibility index (Phi) is 9.80. The number of hydrazine groups is 1. The number of carbonyl (C=O) groups excluding carboxylic acids is 2. The molecule has 0 saturated carbocycles. The van der Waals surface area contributed by atoms with Crippen LogP contribution in [0.1, 0.15) is 78.9 Å². The minimum atomic E-state index is -0.690. The number of ether oxygens (including phenoxy) is 1. The molecule has 0 aliphatic heterocycles. The van der Waals surface area contributed by atoms with Crippen molar-refractivity contribution >= 4 is 39.9 Å². The molecule has 11 nitrogen and oxygen atoms in total. The zero-order valence-electron chi connectivity index (χ0n) is 26.9. The Balaban J connectivity index is 1.39. The summed E-state index contributed by atoms with van der Waals surface area (Å²) in [5.74, 6) is 0.466. The summed E-state index contributed by atoms with van der Waals surface area (Å²) < 4.78 is 7.44. The highest BCUT2D eigenvalue weighted by atomic mass is 16.6. The van der Waals surface area contributed by atoms with E-state index < -0.39 is 17.1 Å². The van der Waals surface area contributed by atoms with E-state index >= 15 is 0 Å². The summed E-state index contributed by atoms with van der Waals surface area (Å²) in [6.45, 7) is 15.1. The molecule has 4 aromatic rings. The van der Waals surface area contributed by atoms with Gasteiger partial charge in [-0.2, -0.15) is 9.78 Å². The number of anilines is 2. The summed E-state index contributed by atoms with van der Waals surface area (Å²) in [7, 11) is 0. The molecule has 1 atom stereocenters. The maximum absolute atomic E-state index is 13.3. The van der Waals surface area contributed by atoms with Gasteiger partial charge in [0.05, 0.1) is 16.1 Å². The minimum absolute atomic E-state index is 0.0293. The average Bonchev–Trinajstić information content (AvgIpc) is 3.46. The lowest BCUT2D eigenvalue weighted by Crippen LogP contribution is -2.34. The summed E-state index contributed by atoms with van der Waals surface area (Å²) in [4.78, 5) is 36.4. The van der Waals surface area contributed by atoms with E-state index in [0.717, 1.165) is 28.8 Å². The predicted octanol–water partition coefficient (Wildman–Crippen LogP) is 7.70. The second-order valence-electron chi connectivity index (χ2n) is 12.4. The number of rotatable bonds is 12. The van der Waals surface area contributed by atoms with Gasteiger partial charge in [-0.1, -0.05) is 60.6 Å². The van der Waals surface area contributed by atoms with E-state index in [-0.39, 0.29) is 22.4 Å². The van der Waals surface area contributed by atoms with Gasteiger partial charge in [-0.25, -0.2) is 10.2 Å². The topological polar surface area (TPSA) is 140 Å². The van der Waals surface area contributed by atoms with Gasteiger partial charge in [0.1, 0.15) is 5.75 Å². The number of hydrogen-bond acceptors (Lipinski definition) is 7. The maximum atomic E-state index is 13.3. The van der Waals surface area contributed by atoms with Crippen LogP contribution in [0.3, 0.4) is 0 Å². The summed E-state index contributed by atoms with van der Waals surface area (Å²) in [5, 5.41) is 18.6. The summed E-state index contributed by atoms with van der Waals surface area (Å²) in [5.41, 5.74) is 9.10. The summed E-state index contributed by atoms with van der Waals surface area (Å²) >= 11 is 0. The molecule has 0 saturated heterocycles. The van der Waals surface area contributed by atoms with Gasteiger partial charge in [-0.15, -0.1) is 0 Å². The number of nitrogens with one attached hydrogen (secondary N) is 3. The molecule has 2 amide bonds. The first-order valence-corrected chi connectivity index (χ1v) is 15.2. The molecule has 1 unspecified atom stereocenters. The minimum Gasteiger partial charge on any atom is -0.480 e. The smallest absolute Gasteiger partial charge is 0.360 e. The number of carbonyl (C=O) groups is 2. The molecule has 3 aromatic carbocycles. The number of nitro groups is 1. The normalized spacial score (nSPS) is 12.4. The van der Waals surface area contributed by atoms with Crippen LogP contribution in [0, 0.1) is 10.1 Å². The lowest BCUT2D eigenvalue weighted by atomic mass is 9.76. The van der Waals surface area contributed by atoms with Crippen molar-refractivity contribution in [2.24, 2.45) is 0 Å². The summed E-state index contributed by atoms with van der Waals surface area (Å²) in [6, 6.07) is 16.8. The van der Waals surface area contributed by atoms with Crippen LogP contribution >= 0.6 is 0 Å². The first-order valence-electron chi connectivity index (χ1n) is 15.2. The van der Waals surface area contributed by atoms with Crippen molar-refractivity contribution in [2.75, 3.05) is 10.7 Å². The Morgan fingerprint density at radius 1 is 0.933 bits per heavy atom. The van der Waals surface area contributed by atoms with Crippen molar-refractivity contribution in [2.45, 2.75) is 84.7 Å². The molecule has 45 heavy (non-hydrogen) atoms. The van der Waals surface area contributed by atoms with Gasteiger partial charge in [0, 0.05) is 35.0 Å². The second-order valence-corrected chi connectivity index (χ2v) is 12.4. The molecule has 1 heterocycles. The molecule has 0 fully saturated rings. The Bertz CT molecular complexity index is 1690. The first kappa shape index (κ1) is 33.0. The van der Waals surface area contributed by atoms with Crippen molar-refractivity contribution in [3.05, 3.63) is 88.1 Å². The fourth-order valence-electron chi connectivity index (χ4n) is 4.73. The fraction of sp³-hybridized carbons (Fsp3) is 0.382. The van der Waals surface area contributed by atoms with E-state index in [9.17, 15) is 19.7 Å². The molecule has 0 aliphatic carbocycles. The van der Waals surface area contributed by atoms with Crippen LogP contribution in [-0.4, -0.2) is 32.7 Å². The molecule has 0 aliphatic rings. The first-order chi connectivity index (χ1) is 21.3. The number of hydrogen-bond donors (Lipinski definition) is 3. The molecule has 0 radical (unpaired) electrons. The lowest BCUT2D eigenvalue weighted by Gasteiger charge is -2.31. The van der Waals surface area contributed by atoms with Gasteiger partial charge in [0.15, 0.2) is 6.10 Å². The average molecular weight is 615 g/mol. The molecule has 11 heteroatoms. The predicted molar refractivity (Wildman–Crippen MR) is 177 cm³/mol. The van der Waals surface area contributed by atoms with Crippen LogP contribution in [-0.2, 0) is 15.6 Å². The van der Waals surface area contributed by atoms with Crippen molar-refractivity contribution in [1.29, 1.82) is 0 Å². The third-order valence-corrected chi connectivity index (χ3v) is 8.56. The van der Waals surface area contributed by atoms with E-state index in [4.69, 9.17) is 4.74 Å². The third-order valence-electron chi connectivity index (χ3n) is 8.56. The maximum Gasteiger partial charge on any atom is 0.360 e. The number of benzene rings is 3. The van der Waals surface area contributed by atoms with Crippen LogP contribution in [0.5, 0.6) is 5.75 Å². The number of amides is 2. The van der Waals surface area contributed by atoms with Gasteiger partial charge in [-0.3, -0.25) is 20.3 Å². The van der Waals surface area contributed by atoms with Crippen molar-refractivity contribution < 1.29 is 19.2 Å². The van der Waals surface area contributed by atoms with Gasteiger partial charge < -0.3 is 10.1 Å². The fourth-order valence-corrected chi connectivity index (χ4v) is 4.73. The highest BCUT2D eigenvalue weighted by Gasteiger charge is 2.29. The van der Waals surface area contributed by atoms with Crippen LogP contribution < -0.4 is 20.9 Å². The van der Waals surface area contributed by atoms with E-state index in [1.807, 2.05) is 13.0 Å². The lowest BCUT2D eigenvalue weighted by molar-refractivity contribution is -0.384. The Labute approximate surface area is 263 Å². The molecule has 0 bridgehead atoms. The van der Waals surface area contributed by atoms with Crippen molar-refractivity contribution in [3.63, 3.8) is 0 Å². The molecular formula is C34H42N6O5. The Hall–Kier alpha value is -4.93. The number of nitro benzene ring substituents is 1. The largest absolute Gasteiger partial charge is 0.480 e. The van der Waals surface area contributed by atoms with Crippen molar-refractivity contribution in [1.82, 2.24) is 15.2 Å². The van der Waals surface area contributed by atoms with E-state index in [1.165, 1.54) is 30.0 Å². The zero-order chi connectivity index (χ0) is 32.9. The number of fused-ring (bicyclic) bond motifs is 1. The van der Waals surface area contributed by atoms with Gasteiger partial charge >= 0.3 is 6.03 Å². The van der Waals surface area contributed by atoms with E-state index in [2.05, 4.69) is 74.9 Å². The van der Waals surface area contributed by atoms with Crippen LogP contribution in [0.2, 0.25) is 0 Å². The van der Waals surface area contributed by atoms with E-state index in [0.29, 0.717) is 28.7 Å².